The average Bonchev–Trinajstić information content (AvgIpc) is 3.44. The second kappa shape index (κ2) is 6.96. The largest absolute Gasteiger partial charge is 0.493 e. The van der Waals surface area contributed by atoms with Crippen molar-refractivity contribution in [2.45, 2.75) is 50.5 Å². The molecule has 3 aliphatic rings. The zero-order valence-corrected chi connectivity index (χ0v) is 15.6. The molecule has 0 radical (unpaired) electrons. The Morgan fingerprint density at radius 2 is 2.04 bits per heavy atom. The summed E-state index contributed by atoms with van der Waals surface area (Å²) in [6.07, 6.45) is 6.24. The van der Waals surface area contributed by atoms with Crippen molar-refractivity contribution in [1.82, 2.24) is 10.1 Å². The lowest BCUT2D eigenvalue weighted by Gasteiger charge is -2.37. The number of fused-ring (bicyclic) bond motifs is 2. The van der Waals surface area contributed by atoms with Crippen LogP contribution in [0.5, 0.6) is 5.75 Å². The van der Waals surface area contributed by atoms with E-state index in [4.69, 9.17) is 9.26 Å². The zero-order valence-electron chi connectivity index (χ0n) is 15.6. The summed E-state index contributed by atoms with van der Waals surface area (Å²) < 4.78 is 11.1. The Kier molecular flexibility index (Phi) is 4.30. The van der Waals surface area contributed by atoms with Crippen LogP contribution in [0, 0.1) is 0 Å². The van der Waals surface area contributed by atoms with Crippen molar-refractivity contribution < 1.29 is 18.8 Å². The number of anilines is 1. The van der Waals surface area contributed by atoms with E-state index >= 15 is 0 Å². The fourth-order valence-electron chi connectivity index (χ4n) is 4.08. The van der Waals surface area contributed by atoms with Gasteiger partial charge in [-0.1, -0.05) is 5.16 Å². The van der Waals surface area contributed by atoms with Crippen LogP contribution >= 0.6 is 0 Å². The molecule has 1 aromatic carbocycles. The third-order valence-corrected chi connectivity index (χ3v) is 5.81. The number of rotatable bonds is 3. The number of amides is 2. The third kappa shape index (κ3) is 3.25. The molecule has 2 aliphatic heterocycles. The van der Waals surface area contributed by atoms with Crippen LogP contribution in [0.25, 0.3) is 0 Å². The number of ether oxygens (including phenoxy) is 1. The fraction of sp³-hybridized carbons (Fsp3) is 0.476. The number of carbonyl (C=O) groups excluding carboxylic acids is 2. The van der Waals surface area contributed by atoms with Gasteiger partial charge in [0.2, 0.25) is 0 Å². The summed E-state index contributed by atoms with van der Waals surface area (Å²) in [6.45, 7) is 1.37. The highest BCUT2D eigenvalue weighted by Gasteiger charge is 2.32. The molecule has 1 saturated carbocycles. The minimum atomic E-state index is -0.342. The Labute approximate surface area is 163 Å². The SMILES string of the molecule is O=C(Nc1ccc2c(c1)C(=O)N1CCCCC1CCO2)c1cc(C2CC2)on1. The molecule has 1 unspecified atom stereocenters. The predicted molar refractivity (Wildman–Crippen MR) is 102 cm³/mol. The lowest BCUT2D eigenvalue weighted by molar-refractivity contribution is 0.0548. The molecule has 5 rings (SSSR count). The molecule has 3 heterocycles. The van der Waals surface area contributed by atoms with Crippen LogP contribution in [0.3, 0.4) is 0 Å². The van der Waals surface area contributed by atoms with E-state index < -0.39 is 0 Å². The van der Waals surface area contributed by atoms with E-state index in [-0.39, 0.29) is 23.6 Å². The summed E-state index contributed by atoms with van der Waals surface area (Å²) in [5.74, 6) is 1.38. The number of nitrogens with one attached hydrogen (secondary N) is 1. The van der Waals surface area contributed by atoms with Crippen LogP contribution in [0.4, 0.5) is 5.69 Å². The number of hydrogen-bond donors (Lipinski definition) is 1. The quantitative estimate of drug-likeness (QED) is 0.878. The van der Waals surface area contributed by atoms with Crippen LogP contribution in [0.15, 0.2) is 28.8 Å². The van der Waals surface area contributed by atoms with Gasteiger partial charge in [0.15, 0.2) is 5.69 Å². The van der Waals surface area contributed by atoms with E-state index in [2.05, 4.69) is 10.5 Å². The highest BCUT2D eigenvalue weighted by atomic mass is 16.5. The van der Waals surface area contributed by atoms with Gasteiger partial charge in [0, 0.05) is 36.7 Å². The summed E-state index contributed by atoms with van der Waals surface area (Å²) in [5.41, 5.74) is 1.31. The van der Waals surface area contributed by atoms with Gasteiger partial charge in [0.1, 0.15) is 11.5 Å². The first-order valence-electron chi connectivity index (χ1n) is 10.0. The standard InChI is InChI=1S/C21H23N3O4/c25-20(17-12-19(28-23-17)13-4-5-13)22-14-6-7-18-16(11-14)21(26)24-9-2-1-3-15(24)8-10-27-18/h6-7,11-13,15H,1-5,8-10H2,(H,22,25). The molecule has 0 spiro atoms. The zero-order chi connectivity index (χ0) is 19.1. The van der Waals surface area contributed by atoms with Gasteiger partial charge in [-0.05, 0) is 50.3 Å². The first-order valence-corrected chi connectivity index (χ1v) is 10.0. The van der Waals surface area contributed by atoms with Crippen molar-refractivity contribution in [3.05, 3.63) is 41.3 Å². The number of aromatic nitrogens is 1. The van der Waals surface area contributed by atoms with E-state index in [0.29, 0.717) is 29.5 Å². The van der Waals surface area contributed by atoms with Crippen LogP contribution < -0.4 is 10.1 Å². The minimum Gasteiger partial charge on any atom is -0.493 e. The highest BCUT2D eigenvalue weighted by molar-refractivity contribution is 6.04. The second-order valence-corrected chi connectivity index (χ2v) is 7.84. The first-order chi connectivity index (χ1) is 13.7. The lowest BCUT2D eigenvalue weighted by Crippen LogP contribution is -2.45. The lowest BCUT2D eigenvalue weighted by atomic mass is 9.97. The maximum atomic E-state index is 13.1. The number of nitrogens with zero attached hydrogens (tertiary/aromatic N) is 2. The van der Waals surface area contributed by atoms with E-state index in [9.17, 15) is 9.59 Å². The highest BCUT2D eigenvalue weighted by Crippen LogP contribution is 2.40. The molecular weight excluding hydrogens is 358 g/mol. The number of benzene rings is 1. The molecule has 7 heteroatoms. The Hall–Kier alpha value is -2.83. The Morgan fingerprint density at radius 3 is 2.89 bits per heavy atom. The van der Waals surface area contributed by atoms with Gasteiger partial charge >= 0.3 is 0 Å². The van der Waals surface area contributed by atoms with Gasteiger partial charge in [-0.2, -0.15) is 0 Å². The van der Waals surface area contributed by atoms with Gasteiger partial charge in [-0.3, -0.25) is 9.59 Å². The fourth-order valence-corrected chi connectivity index (χ4v) is 4.08. The summed E-state index contributed by atoms with van der Waals surface area (Å²) in [4.78, 5) is 27.6. The molecule has 146 valence electrons. The van der Waals surface area contributed by atoms with Gasteiger partial charge in [0.05, 0.1) is 12.2 Å². The summed E-state index contributed by atoms with van der Waals surface area (Å²) in [6, 6.07) is 7.15. The molecule has 28 heavy (non-hydrogen) atoms. The van der Waals surface area contributed by atoms with Crippen molar-refractivity contribution in [1.29, 1.82) is 0 Å². The van der Waals surface area contributed by atoms with E-state index in [1.165, 1.54) is 0 Å². The maximum absolute atomic E-state index is 13.1. The molecule has 7 nitrogen and oxygen atoms in total. The minimum absolute atomic E-state index is 0.0204. The van der Waals surface area contributed by atoms with Gasteiger partial charge in [-0.15, -0.1) is 0 Å². The summed E-state index contributed by atoms with van der Waals surface area (Å²) >= 11 is 0. The van der Waals surface area contributed by atoms with Crippen LogP contribution in [-0.2, 0) is 0 Å². The number of piperidine rings is 1. The van der Waals surface area contributed by atoms with Crippen molar-refractivity contribution in [3.8, 4) is 5.75 Å². The first kappa shape index (κ1) is 17.3. The molecule has 2 aromatic rings. The third-order valence-electron chi connectivity index (χ3n) is 5.81. The number of carbonyl (C=O) groups is 2. The Morgan fingerprint density at radius 1 is 1.14 bits per heavy atom. The molecule has 2 fully saturated rings. The molecule has 1 aliphatic carbocycles. The van der Waals surface area contributed by atoms with Crippen molar-refractivity contribution >= 4 is 17.5 Å². The Bertz CT molecular complexity index is 918. The predicted octanol–water partition coefficient (Wildman–Crippen LogP) is 3.58. The van der Waals surface area contributed by atoms with Crippen molar-refractivity contribution in [3.63, 3.8) is 0 Å². The van der Waals surface area contributed by atoms with Crippen LogP contribution in [0.2, 0.25) is 0 Å². The van der Waals surface area contributed by atoms with E-state index in [1.807, 2.05) is 4.90 Å². The molecule has 1 N–H and O–H groups in total. The maximum Gasteiger partial charge on any atom is 0.277 e. The molecule has 1 saturated heterocycles. The number of hydrogen-bond acceptors (Lipinski definition) is 5. The second-order valence-electron chi connectivity index (χ2n) is 7.84. The van der Waals surface area contributed by atoms with Crippen molar-refractivity contribution in [2.75, 3.05) is 18.5 Å². The van der Waals surface area contributed by atoms with E-state index in [0.717, 1.165) is 50.8 Å². The topological polar surface area (TPSA) is 84.7 Å². The van der Waals surface area contributed by atoms with Crippen molar-refractivity contribution in [2.24, 2.45) is 0 Å². The van der Waals surface area contributed by atoms with Gasteiger partial charge < -0.3 is 19.5 Å². The summed E-state index contributed by atoms with van der Waals surface area (Å²) in [7, 11) is 0. The molecule has 2 amide bonds. The molecule has 1 atom stereocenters. The molecular formula is C21H23N3O4. The Balaban J connectivity index is 1.37. The van der Waals surface area contributed by atoms with Gasteiger partial charge in [-0.25, -0.2) is 0 Å². The van der Waals surface area contributed by atoms with Gasteiger partial charge in [0.25, 0.3) is 11.8 Å². The van der Waals surface area contributed by atoms with Crippen LogP contribution in [-0.4, -0.2) is 41.1 Å². The smallest absolute Gasteiger partial charge is 0.277 e. The molecule has 0 bridgehead atoms. The monoisotopic (exact) mass is 381 g/mol. The average molecular weight is 381 g/mol. The summed E-state index contributed by atoms with van der Waals surface area (Å²) in [5, 5.41) is 6.69. The van der Waals surface area contributed by atoms with Crippen LogP contribution in [0.1, 0.15) is 71.0 Å². The normalized spacial score (nSPS) is 21.8. The molecule has 1 aromatic heterocycles. The van der Waals surface area contributed by atoms with E-state index in [1.54, 1.807) is 24.3 Å².